The van der Waals surface area contributed by atoms with Gasteiger partial charge in [-0.3, -0.25) is 0 Å². The van der Waals surface area contributed by atoms with Gasteiger partial charge in [0.2, 0.25) is 0 Å². The number of hydrogen-bond acceptors (Lipinski definition) is 0. The second kappa shape index (κ2) is 185. The molecule has 0 aliphatic carbocycles. The summed E-state index contributed by atoms with van der Waals surface area (Å²) in [6.07, 6.45) is 0. The molecule has 0 aromatic carbocycles. The Balaban J connectivity index is 0. The minimum absolute atomic E-state index is 0. The van der Waals surface area contributed by atoms with E-state index in [4.69, 9.17) is 0 Å². The Kier molecular flexibility index (Phi) is 6130. The molecular weight excluding hydrogens is 224 g/mol. The van der Waals surface area contributed by atoms with Crippen LogP contribution in [0.1, 0.15) is 0 Å². The van der Waals surface area contributed by atoms with Gasteiger partial charge in [0.25, 0.3) is 0 Å². The fourth-order valence-corrected chi connectivity index (χ4v) is 0. The first-order valence-corrected chi connectivity index (χ1v) is 0. The quantitative estimate of drug-likeness (QED) is 0.448. The molecule has 8 heavy (non-hydrogen) atoms. The van der Waals surface area contributed by atoms with Gasteiger partial charge in [-0.1, -0.05) is 0 Å². The van der Waals surface area contributed by atoms with Crippen molar-refractivity contribution in [2.45, 2.75) is 0 Å². The van der Waals surface area contributed by atoms with Crippen molar-refractivity contribution >= 4 is 28.3 Å². The molecule has 0 atom stereocenters. The molecule has 0 aliphatic heterocycles. The summed E-state index contributed by atoms with van der Waals surface area (Å²) in [5.41, 5.74) is 0. The summed E-state index contributed by atoms with van der Waals surface area (Å²) < 4.78 is 0. The number of hydrogen-bond donors (Lipinski definition) is 0. The first-order valence-electron chi connectivity index (χ1n) is 0. The van der Waals surface area contributed by atoms with Gasteiger partial charge in [0.05, 0.1) is 0 Å². The van der Waals surface area contributed by atoms with Crippen LogP contribution in [-0.4, -0.2) is 28.3 Å². The predicted octanol–water partition coefficient (Wildman–Crippen LogP) is -1.36. The fraction of sp³-hybridized carbons (Fsp3) is 0. The second-order valence-corrected chi connectivity index (χ2v) is 0. The minimum Gasteiger partial charge on any atom is -2.00 e. The molecule has 0 amide bonds. The first-order chi connectivity index (χ1) is 0. The summed E-state index contributed by atoms with van der Waals surface area (Å²) in [4.78, 5) is 0. The van der Waals surface area contributed by atoms with E-state index >= 15 is 0 Å². The molecule has 8 heteroatoms. The van der Waals surface area contributed by atoms with Gasteiger partial charge < -0.3 is 27.4 Å². The molecule has 0 spiro atoms. The zero-order valence-corrected chi connectivity index (χ0v) is 8.69. The predicted molar refractivity (Wildman–Crippen MR) is 14.9 cm³/mol. The maximum absolute atomic E-state index is 0. The van der Waals surface area contributed by atoms with Crippen LogP contribution in [0.4, 0.5) is 0 Å². The summed E-state index contributed by atoms with van der Waals surface area (Å²) in [6.45, 7) is 0. The molecule has 0 heterocycles. The van der Waals surface area contributed by atoms with Crippen LogP contribution in [0, 0.1) is 0 Å². The average molecular weight is 224 g/mol. The standard InChI is InChI=1S/Al.5O.Si.Y/q+3;5*-2;+4;+3. The summed E-state index contributed by atoms with van der Waals surface area (Å²) in [5, 5.41) is 0. The molecule has 0 saturated heterocycles. The van der Waals surface area contributed by atoms with Gasteiger partial charge in [0, 0.05) is 0 Å². The maximum atomic E-state index is 0. The van der Waals surface area contributed by atoms with Crippen LogP contribution in [0.15, 0.2) is 0 Å². The van der Waals surface area contributed by atoms with E-state index in [0.717, 1.165) is 0 Å². The summed E-state index contributed by atoms with van der Waals surface area (Å²) >= 11 is 0. The molecule has 0 unspecified atom stereocenters. The van der Waals surface area contributed by atoms with E-state index in [2.05, 4.69) is 0 Å². The van der Waals surface area contributed by atoms with Crippen LogP contribution in [0.5, 0.6) is 0 Å². The van der Waals surface area contributed by atoms with Crippen LogP contribution in [0.2, 0.25) is 0 Å². The molecule has 0 radical (unpaired) electrons. The fourth-order valence-electron chi connectivity index (χ4n) is 0. The van der Waals surface area contributed by atoms with Crippen LogP contribution >= 0.6 is 0 Å². The van der Waals surface area contributed by atoms with Gasteiger partial charge in [-0.05, 0) is 0 Å². The molecule has 0 aromatic heterocycles. The molecular formula is AlO5SiY. The zero-order valence-electron chi connectivity index (χ0n) is 3.70. The Bertz CT molecular complexity index is 12.4. The van der Waals surface area contributed by atoms with E-state index in [-0.39, 0.29) is 88.4 Å². The average Bonchev–Trinajstić information content (AvgIpc) is 0. The van der Waals surface area contributed by atoms with Crippen molar-refractivity contribution < 1.29 is 60.1 Å². The van der Waals surface area contributed by atoms with Gasteiger partial charge in [-0.2, -0.15) is 0 Å². The second-order valence-electron chi connectivity index (χ2n) is 0. The Morgan fingerprint density at radius 2 is 0.500 bits per heavy atom. The van der Waals surface area contributed by atoms with Crippen molar-refractivity contribution in [1.82, 2.24) is 0 Å². The van der Waals surface area contributed by atoms with Crippen LogP contribution in [0.25, 0.3) is 0 Å². The monoisotopic (exact) mass is 224 g/mol. The van der Waals surface area contributed by atoms with Gasteiger partial charge in [0.1, 0.15) is 0 Å². The SMILES string of the molecule is [Al+3].[O-2].[O-2].[O-2].[O-2].[O-2].[Si+4].[Y+3]. The van der Waals surface area contributed by atoms with Crippen molar-refractivity contribution in [1.29, 1.82) is 0 Å². The zero-order chi connectivity index (χ0) is 0. The van der Waals surface area contributed by atoms with E-state index in [9.17, 15) is 0 Å². The molecule has 0 bridgehead atoms. The van der Waals surface area contributed by atoms with E-state index < -0.39 is 0 Å². The number of rotatable bonds is 0. The maximum Gasteiger partial charge on any atom is 4.00 e. The van der Waals surface area contributed by atoms with E-state index in [1.54, 1.807) is 0 Å². The Hall–Kier alpha value is 1.65. The van der Waals surface area contributed by atoms with Gasteiger partial charge in [0.15, 0.2) is 0 Å². The normalized spacial score (nSPS) is 0. The molecule has 0 aliphatic rings. The first kappa shape index (κ1) is 264. The third-order valence-electron chi connectivity index (χ3n) is 0. The largest absolute Gasteiger partial charge is 4.00 e. The topological polar surface area (TPSA) is 142 Å². The Morgan fingerprint density at radius 3 is 0.500 bits per heavy atom. The third kappa shape index (κ3) is 124. The summed E-state index contributed by atoms with van der Waals surface area (Å²) in [6, 6.07) is 0. The van der Waals surface area contributed by atoms with Crippen molar-refractivity contribution in [3.05, 3.63) is 0 Å². The minimum atomic E-state index is 0. The Morgan fingerprint density at radius 1 is 0.500 bits per heavy atom. The molecule has 0 aromatic rings. The molecule has 40 valence electrons. The van der Waals surface area contributed by atoms with Crippen LogP contribution < -0.4 is 0 Å². The van der Waals surface area contributed by atoms with Gasteiger partial charge >= 0.3 is 61.0 Å². The third-order valence-corrected chi connectivity index (χ3v) is 0. The van der Waals surface area contributed by atoms with Crippen molar-refractivity contribution in [3.63, 3.8) is 0 Å². The van der Waals surface area contributed by atoms with Gasteiger partial charge in [-0.15, -0.1) is 0 Å². The molecule has 5 nitrogen and oxygen atoms in total. The molecule has 0 fully saturated rings. The Labute approximate surface area is 87.8 Å². The summed E-state index contributed by atoms with van der Waals surface area (Å²) in [5.74, 6) is 0. The van der Waals surface area contributed by atoms with E-state index in [0.29, 0.717) is 0 Å². The van der Waals surface area contributed by atoms with Crippen molar-refractivity contribution in [2.24, 2.45) is 0 Å². The van der Waals surface area contributed by atoms with Crippen LogP contribution in [-0.2, 0) is 60.1 Å². The van der Waals surface area contributed by atoms with E-state index in [1.165, 1.54) is 0 Å². The van der Waals surface area contributed by atoms with Crippen molar-refractivity contribution in [2.75, 3.05) is 0 Å². The smallest absolute Gasteiger partial charge is 2.00 e. The summed E-state index contributed by atoms with van der Waals surface area (Å²) in [7, 11) is 0. The van der Waals surface area contributed by atoms with Crippen molar-refractivity contribution in [3.8, 4) is 0 Å². The molecule has 0 saturated carbocycles. The van der Waals surface area contributed by atoms with Gasteiger partial charge in [-0.25, -0.2) is 0 Å². The van der Waals surface area contributed by atoms with E-state index in [1.807, 2.05) is 0 Å². The molecule has 0 rings (SSSR count). The van der Waals surface area contributed by atoms with Crippen LogP contribution in [0.3, 0.4) is 0 Å². The molecule has 0 N–H and O–H groups in total.